The number of aromatic nitrogens is 4. The number of hydrogen-bond acceptors (Lipinski definition) is 5. The number of ketones is 1. The number of carbonyl (C=O) groups excluding carboxylic acids is 1. The van der Waals surface area contributed by atoms with E-state index in [4.69, 9.17) is 5.11 Å². The van der Waals surface area contributed by atoms with Gasteiger partial charge < -0.3 is 5.11 Å². The molecule has 2 aromatic heterocycles. The number of fused-ring (bicyclic) bond motifs is 1. The van der Waals surface area contributed by atoms with Gasteiger partial charge in [-0.25, -0.2) is 9.97 Å². The Morgan fingerprint density at radius 3 is 2.58 bits per heavy atom. The van der Waals surface area contributed by atoms with Crippen LogP contribution in [0.25, 0.3) is 10.9 Å². The molecule has 1 N–H and O–H groups in total. The van der Waals surface area contributed by atoms with Crippen LogP contribution in [0.1, 0.15) is 28.8 Å². The number of aliphatic carboxylic acids is 1. The maximum atomic E-state index is 11.8. The number of hydrogen-bond donors (Lipinski definition) is 1. The second kappa shape index (κ2) is 6.57. The number of benzene rings is 1. The molecule has 0 aliphatic carbocycles. The van der Waals surface area contributed by atoms with Crippen molar-refractivity contribution in [2.24, 2.45) is 0 Å². The van der Waals surface area contributed by atoms with E-state index < -0.39 is 5.97 Å². The molecule has 0 saturated carbocycles. The van der Waals surface area contributed by atoms with Crippen LogP contribution in [0.5, 0.6) is 0 Å². The van der Waals surface area contributed by atoms with Crippen molar-refractivity contribution in [3.63, 3.8) is 0 Å². The predicted octanol–water partition coefficient (Wildman–Crippen LogP) is 1.90. The van der Waals surface area contributed by atoms with Gasteiger partial charge in [0.15, 0.2) is 5.78 Å². The van der Waals surface area contributed by atoms with Gasteiger partial charge >= 0.3 is 5.97 Å². The molecule has 122 valence electrons. The molecular formula is C17H16N4O3. The summed E-state index contributed by atoms with van der Waals surface area (Å²) < 4.78 is 1.35. The zero-order valence-electron chi connectivity index (χ0n) is 13.1. The molecule has 0 aliphatic rings. The van der Waals surface area contributed by atoms with E-state index in [1.54, 1.807) is 24.5 Å². The van der Waals surface area contributed by atoms with Crippen LogP contribution >= 0.6 is 0 Å². The molecular weight excluding hydrogens is 308 g/mol. The number of nitrogens with zero attached hydrogens (tertiary/aromatic N) is 4. The summed E-state index contributed by atoms with van der Waals surface area (Å²) in [5.41, 5.74) is 1.96. The van der Waals surface area contributed by atoms with Crippen LogP contribution in [0.3, 0.4) is 0 Å². The third-order valence-corrected chi connectivity index (χ3v) is 3.69. The van der Waals surface area contributed by atoms with Gasteiger partial charge in [0.05, 0.1) is 5.52 Å². The maximum Gasteiger partial charge on any atom is 0.325 e. The van der Waals surface area contributed by atoms with E-state index in [0.717, 1.165) is 17.8 Å². The number of rotatable bonds is 6. The first kappa shape index (κ1) is 15.8. The summed E-state index contributed by atoms with van der Waals surface area (Å²) in [5, 5.41) is 13.8. The molecule has 0 saturated heterocycles. The fourth-order valence-electron chi connectivity index (χ4n) is 2.61. The summed E-state index contributed by atoms with van der Waals surface area (Å²) in [6, 6.07) is 7.38. The zero-order valence-corrected chi connectivity index (χ0v) is 13.1. The lowest BCUT2D eigenvalue weighted by molar-refractivity contribution is -0.137. The molecule has 7 heteroatoms. The molecule has 0 amide bonds. The molecule has 0 aliphatic heterocycles. The van der Waals surface area contributed by atoms with Crippen LogP contribution in [0.4, 0.5) is 0 Å². The van der Waals surface area contributed by atoms with Crippen molar-refractivity contribution < 1.29 is 14.7 Å². The molecule has 7 nitrogen and oxygen atoms in total. The molecule has 24 heavy (non-hydrogen) atoms. The largest absolute Gasteiger partial charge is 0.480 e. The SMILES string of the molecule is CC(=O)c1nn(CC(=O)O)c2ccc(CCc3ncccn3)cc12. The minimum atomic E-state index is -1.00. The monoisotopic (exact) mass is 324 g/mol. The molecule has 3 rings (SSSR count). The van der Waals surface area contributed by atoms with Gasteiger partial charge in [-0.1, -0.05) is 6.07 Å². The van der Waals surface area contributed by atoms with Crippen molar-refractivity contribution in [2.45, 2.75) is 26.3 Å². The first-order valence-electron chi connectivity index (χ1n) is 7.52. The highest BCUT2D eigenvalue weighted by Crippen LogP contribution is 2.21. The Hall–Kier alpha value is -3.09. The number of carboxylic acid groups (broad SMARTS) is 1. The Morgan fingerprint density at radius 2 is 1.92 bits per heavy atom. The molecule has 0 radical (unpaired) electrons. The Morgan fingerprint density at radius 1 is 1.17 bits per heavy atom. The van der Waals surface area contributed by atoms with Gasteiger partial charge in [-0.2, -0.15) is 5.10 Å². The van der Waals surface area contributed by atoms with Gasteiger partial charge in [0, 0.05) is 31.1 Å². The van der Waals surface area contributed by atoms with E-state index in [-0.39, 0.29) is 12.3 Å². The first-order valence-corrected chi connectivity index (χ1v) is 7.52. The predicted molar refractivity (Wildman–Crippen MR) is 86.8 cm³/mol. The van der Waals surface area contributed by atoms with Gasteiger partial charge in [0.2, 0.25) is 0 Å². The Kier molecular flexibility index (Phi) is 4.33. The highest BCUT2D eigenvalue weighted by molar-refractivity contribution is 6.05. The highest BCUT2D eigenvalue weighted by atomic mass is 16.4. The van der Waals surface area contributed by atoms with Crippen LogP contribution in [0.15, 0.2) is 36.7 Å². The van der Waals surface area contributed by atoms with E-state index in [9.17, 15) is 9.59 Å². The number of Topliss-reactive ketones (excluding diaryl/α,β-unsaturated/α-hetero) is 1. The average molecular weight is 324 g/mol. The Labute approximate surface area is 138 Å². The summed E-state index contributed by atoms with van der Waals surface area (Å²) in [4.78, 5) is 31.1. The van der Waals surface area contributed by atoms with E-state index in [1.807, 2.05) is 12.1 Å². The Bertz CT molecular complexity index is 903. The lowest BCUT2D eigenvalue weighted by Gasteiger charge is -2.03. The van der Waals surface area contributed by atoms with Crippen LogP contribution < -0.4 is 0 Å². The second-order valence-corrected chi connectivity index (χ2v) is 5.47. The number of carboxylic acids is 1. The van der Waals surface area contributed by atoms with Crippen LogP contribution in [-0.2, 0) is 24.2 Å². The van der Waals surface area contributed by atoms with Gasteiger partial charge in [0.1, 0.15) is 18.1 Å². The zero-order chi connectivity index (χ0) is 17.1. The highest BCUT2D eigenvalue weighted by Gasteiger charge is 2.16. The molecule has 3 aromatic rings. The van der Waals surface area contributed by atoms with Gasteiger partial charge in [-0.3, -0.25) is 14.3 Å². The maximum absolute atomic E-state index is 11.8. The standard InChI is InChI=1S/C17H16N4O3/c1-11(22)17-13-9-12(4-6-15-18-7-2-8-19-15)3-5-14(13)21(20-17)10-16(23)24/h2-3,5,7-9H,4,6,10H2,1H3,(H,23,24). The number of aryl methyl sites for hydroxylation is 2. The normalized spacial score (nSPS) is 10.9. The van der Waals surface area contributed by atoms with Crippen molar-refractivity contribution in [1.29, 1.82) is 0 Å². The molecule has 0 unspecified atom stereocenters. The quantitative estimate of drug-likeness (QED) is 0.695. The molecule has 0 spiro atoms. The second-order valence-electron chi connectivity index (χ2n) is 5.47. The minimum absolute atomic E-state index is 0.187. The lowest BCUT2D eigenvalue weighted by atomic mass is 10.0. The average Bonchev–Trinajstić information content (AvgIpc) is 2.91. The van der Waals surface area contributed by atoms with Gasteiger partial charge in [0.25, 0.3) is 0 Å². The van der Waals surface area contributed by atoms with E-state index >= 15 is 0 Å². The minimum Gasteiger partial charge on any atom is -0.480 e. The summed E-state index contributed by atoms with van der Waals surface area (Å²) in [6.07, 6.45) is 4.82. The van der Waals surface area contributed by atoms with Crippen LogP contribution in [-0.4, -0.2) is 36.6 Å². The molecule has 2 heterocycles. The first-order chi connectivity index (χ1) is 11.5. The third kappa shape index (κ3) is 3.29. The van der Waals surface area contributed by atoms with Crippen molar-refractivity contribution in [3.8, 4) is 0 Å². The van der Waals surface area contributed by atoms with Crippen molar-refractivity contribution in [1.82, 2.24) is 19.7 Å². The fraction of sp³-hybridized carbons (Fsp3) is 0.235. The summed E-state index contributed by atoms with van der Waals surface area (Å²) in [6.45, 7) is 1.15. The van der Waals surface area contributed by atoms with Crippen molar-refractivity contribution >= 4 is 22.7 Å². The number of carbonyl (C=O) groups is 2. The van der Waals surface area contributed by atoms with E-state index in [0.29, 0.717) is 23.0 Å². The van der Waals surface area contributed by atoms with E-state index in [1.165, 1.54) is 11.6 Å². The molecule has 0 atom stereocenters. The van der Waals surface area contributed by atoms with Gasteiger partial charge in [-0.05, 0) is 30.2 Å². The fourth-order valence-corrected chi connectivity index (χ4v) is 2.61. The van der Waals surface area contributed by atoms with E-state index in [2.05, 4.69) is 15.1 Å². The summed E-state index contributed by atoms with van der Waals surface area (Å²) in [5.74, 6) is -0.432. The lowest BCUT2D eigenvalue weighted by Crippen LogP contribution is -2.10. The smallest absolute Gasteiger partial charge is 0.325 e. The Balaban J connectivity index is 1.93. The van der Waals surface area contributed by atoms with Crippen LogP contribution in [0.2, 0.25) is 0 Å². The van der Waals surface area contributed by atoms with Crippen LogP contribution in [0, 0.1) is 0 Å². The summed E-state index contributed by atoms with van der Waals surface area (Å²) in [7, 11) is 0. The summed E-state index contributed by atoms with van der Waals surface area (Å²) >= 11 is 0. The van der Waals surface area contributed by atoms with Crippen molar-refractivity contribution in [2.75, 3.05) is 0 Å². The van der Waals surface area contributed by atoms with Crippen molar-refractivity contribution in [3.05, 3.63) is 53.7 Å². The third-order valence-electron chi connectivity index (χ3n) is 3.69. The van der Waals surface area contributed by atoms with Gasteiger partial charge in [-0.15, -0.1) is 0 Å². The molecule has 1 aromatic carbocycles. The topological polar surface area (TPSA) is 98.0 Å². The molecule has 0 fully saturated rings. The molecule has 0 bridgehead atoms.